The van der Waals surface area contributed by atoms with Crippen molar-refractivity contribution in [2.45, 2.75) is 30.7 Å². The quantitative estimate of drug-likeness (QED) is 0.686. The summed E-state index contributed by atoms with van der Waals surface area (Å²) >= 11 is 3.20. The second kappa shape index (κ2) is 6.51. The Morgan fingerprint density at radius 2 is 2.17 bits per heavy atom. The summed E-state index contributed by atoms with van der Waals surface area (Å²) in [6.07, 6.45) is 1.15. The molecule has 0 amide bonds. The number of sulfonamides is 1. The summed E-state index contributed by atoms with van der Waals surface area (Å²) in [4.78, 5) is 0.166. The van der Waals surface area contributed by atoms with Crippen LogP contribution in [0.25, 0.3) is 0 Å². The third kappa shape index (κ3) is 4.24. The first-order chi connectivity index (χ1) is 8.36. The highest BCUT2D eigenvalue weighted by Gasteiger charge is 2.17. The molecule has 0 heterocycles. The first kappa shape index (κ1) is 15.4. The summed E-state index contributed by atoms with van der Waals surface area (Å²) in [5.74, 6) is 0. The fraction of sp³-hybridized carbons (Fsp3) is 0.455. The van der Waals surface area contributed by atoms with Crippen molar-refractivity contribution in [1.29, 1.82) is 0 Å². The highest BCUT2D eigenvalue weighted by molar-refractivity contribution is 9.10. The molecule has 0 saturated heterocycles. The van der Waals surface area contributed by atoms with Crippen LogP contribution in [0.5, 0.6) is 0 Å². The number of halogens is 1. The average Bonchev–Trinajstić information content (AvgIpc) is 2.29. The molecule has 0 saturated carbocycles. The third-order valence-corrected chi connectivity index (χ3v) is 4.71. The Morgan fingerprint density at radius 1 is 1.50 bits per heavy atom. The Morgan fingerprint density at radius 3 is 2.72 bits per heavy atom. The molecular formula is C11H17BrN2O3S. The van der Waals surface area contributed by atoms with Crippen molar-refractivity contribution < 1.29 is 13.5 Å². The first-order valence-corrected chi connectivity index (χ1v) is 7.82. The highest BCUT2D eigenvalue weighted by Crippen LogP contribution is 2.23. The van der Waals surface area contributed by atoms with Crippen LogP contribution in [0.4, 0.5) is 5.69 Å². The molecule has 7 heteroatoms. The van der Waals surface area contributed by atoms with E-state index in [4.69, 9.17) is 10.8 Å². The zero-order valence-corrected chi connectivity index (χ0v) is 12.5. The molecule has 102 valence electrons. The van der Waals surface area contributed by atoms with E-state index >= 15 is 0 Å². The van der Waals surface area contributed by atoms with Crippen LogP contribution in [0.2, 0.25) is 0 Å². The van der Waals surface area contributed by atoms with Gasteiger partial charge in [0, 0.05) is 22.8 Å². The first-order valence-electron chi connectivity index (χ1n) is 5.55. The van der Waals surface area contributed by atoms with E-state index in [2.05, 4.69) is 20.7 Å². The Kier molecular flexibility index (Phi) is 5.58. The molecule has 0 fully saturated rings. The highest BCUT2D eigenvalue weighted by atomic mass is 79.9. The molecule has 0 spiro atoms. The summed E-state index contributed by atoms with van der Waals surface area (Å²) in [6, 6.07) is 4.24. The minimum Gasteiger partial charge on any atom is -0.398 e. The number of aliphatic hydroxyl groups excluding tert-OH is 1. The number of anilines is 1. The molecule has 5 nitrogen and oxygen atoms in total. The van der Waals surface area contributed by atoms with Gasteiger partial charge in [0.2, 0.25) is 10.0 Å². The molecule has 0 radical (unpaired) electrons. The molecule has 0 bridgehead atoms. The van der Waals surface area contributed by atoms with Crippen molar-refractivity contribution in [3.8, 4) is 0 Å². The maximum Gasteiger partial charge on any atom is 0.240 e. The summed E-state index contributed by atoms with van der Waals surface area (Å²) in [7, 11) is -3.55. The van der Waals surface area contributed by atoms with Crippen molar-refractivity contribution in [3.05, 3.63) is 22.7 Å². The number of hydrogen-bond acceptors (Lipinski definition) is 4. The normalized spacial score (nSPS) is 13.5. The molecule has 1 atom stereocenters. The summed E-state index contributed by atoms with van der Waals surface area (Å²) in [5.41, 5.74) is 6.10. The molecule has 0 aliphatic heterocycles. The second-order valence-corrected chi connectivity index (χ2v) is 6.64. The lowest BCUT2D eigenvalue weighted by Crippen LogP contribution is -2.32. The minimum atomic E-state index is -3.55. The number of hydrogen-bond donors (Lipinski definition) is 3. The lowest BCUT2D eigenvalue weighted by atomic mass is 10.2. The zero-order valence-electron chi connectivity index (χ0n) is 10.1. The van der Waals surface area contributed by atoms with Crippen LogP contribution in [0.3, 0.4) is 0 Å². The van der Waals surface area contributed by atoms with Gasteiger partial charge >= 0.3 is 0 Å². The van der Waals surface area contributed by atoms with Gasteiger partial charge in [0.25, 0.3) is 0 Å². The summed E-state index contributed by atoms with van der Waals surface area (Å²) < 4.78 is 27.2. The van der Waals surface area contributed by atoms with Gasteiger partial charge in [-0.3, -0.25) is 0 Å². The maximum absolute atomic E-state index is 12.0. The van der Waals surface area contributed by atoms with E-state index in [1.165, 1.54) is 18.2 Å². The van der Waals surface area contributed by atoms with Crippen LogP contribution in [-0.4, -0.2) is 26.2 Å². The zero-order chi connectivity index (χ0) is 13.8. The number of nitrogens with two attached hydrogens (primary N) is 1. The lowest BCUT2D eigenvalue weighted by molar-refractivity contribution is 0.279. The van der Waals surface area contributed by atoms with Crippen LogP contribution in [-0.2, 0) is 10.0 Å². The fourth-order valence-electron chi connectivity index (χ4n) is 1.46. The van der Waals surface area contributed by atoms with Crippen molar-refractivity contribution in [2.75, 3.05) is 12.3 Å². The number of benzene rings is 1. The molecule has 1 rings (SSSR count). The number of rotatable bonds is 6. The monoisotopic (exact) mass is 336 g/mol. The van der Waals surface area contributed by atoms with Crippen LogP contribution >= 0.6 is 15.9 Å². The third-order valence-electron chi connectivity index (χ3n) is 2.43. The molecule has 0 aromatic heterocycles. The van der Waals surface area contributed by atoms with E-state index < -0.39 is 10.0 Å². The Balaban J connectivity index is 2.83. The maximum atomic E-state index is 12.0. The van der Waals surface area contributed by atoms with Gasteiger partial charge in [-0.1, -0.05) is 0 Å². The van der Waals surface area contributed by atoms with Gasteiger partial charge in [-0.25, -0.2) is 13.1 Å². The Bertz CT molecular complexity index is 505. The SMILES string of the molecule is CC(CCCO)NS(=O)(=O)c1ccc(N)c(Br)c1. The van der Waals surface area contributed by atoms with E-state index in [0.29, 0.717) is 23.0 Å². The van der Waals surface area contributed by atoms with Gasteiger partial charge in [-0.2, -0.15) is 0 Å². The van der Waals surface area contributed by atoms with Crippen molar-refractivity contribution in [3.63, 3.8) is 0 Å². The van der Waals surface area contributed by atoms with Gasteiger partial charge in [0.1, 0.15) is 0 Å². The largest absolute Gasteiger partial charge is 0.398 e. The smallest absolute Gasteiger partial charge is 0.240 e. The van der Waals surface area contributed by atoms with Gasteiger partial charge in [0.05, 0.1) is 4.90 Å². The topological polar surface area (TPSA) is 92.4 Å². The lowest BCUT2D eigenvalue weighted by Gasteiger charge is -2.14. The Labute approximate surface area is 116 Å². The van der Waals surface area contributed by atoms with Crippen molar-refractivity contribution >= 4 is 31.6 Å². The van der Waals surface area contributed by atoms with Gasteiger partial charge in [-0.05, 0) is 53.9 Å². The molecule has 0 aliphatic rings. The van der Waals surface area contributed by atoms with Gasteiger partial charge in [0.15, 0.2) is 0 Å². The van der Waals surface area contributed by atoms with E-state index in [9.17, 15) is 8.42 Å². The Hall–Kier alpha value is -0.630. The predicted octanol–water partition coefficient (Wildman–Crippen LogP) is 1.47. The standard InChI is InChI=1S/C11H17BrN2O3S/c1-8(3-2-6-15)14-18(16,17)9-4-5-11(13)10(12)7-9/h4-5,7-8,14-15H,2-3,6,13H2,1H3. The van der Waals surface area contributed by atoms with E-state index in [1.807, 2.05) is 0 Å². The number of nitrogen functional groups attached to an aromatic ring is 1. The molecule has 4 N–H and O–H groups in total. The van der Waals surface area contributed by atoms with E-state index in [0.717, 1.165) is 0 Å². The molecule has 18 heavy (non-hydrogen) atoms. The molecule has 0 aliphatic carbocycles. The van der Waals surface area contributed by atoms with Crippen LogP contribution in [0, 0.1) is 0 Å². The van der Waals surface area contributed by atoms with Crippen LogP contribution in [0.1, 0.15) is 19.8 Å². The van der Waals surface area contributed by atoms with Gasteiger partial charge < -0.3 is 10.8 Å². The van der Waals surface area contributed by atoms with E-state index in [1.54, 1.807) is 6.92 Å². The average molecular weight is 337 g/mol. The minimum absolute atomic E-state index is 0.0550. The predicted molar refractivity (Wildman–Crippen MR) is 74.7 cm³/mol. The second-order valence-electron chi connectivity index (χ2n) is 4.07. The molecular weight excluding hydrogens is 320 g/mol. The van der Waals surface area contributed by atoms with Crippen LogP contribution < -0.4 is 10.5 Å². The molecule has 1 unspecified atom stereocenters. The van der Waals surface area contributed by atoms with Crippen molar-refractivity contribution in [1.82, 2.24) is 4.72 Å². The van der Waals surface area contributed by atoms with E-state index in [-0.39, 0.29) is 17.5 Å². The van der Waals surface area contributed by atoms with Crippen LogP contribution in [0.15, 0.2) is 27.6 Å². The van der Waals surface area contributed by atoms with Gasteiger partial charge in [-0.15, -0.1) is 0 Å². The molecule has 1 aromatic carbocycles. The number of aliphatic hydroxyl groups is 1. The number of nitrogens with one attached hydrogen (secondary N) is 1. The fourth-order valence-corrected chi connectivity index (χ4v) is 3.30. The summed E-state index contributed by atoms with van der Waals surface area (Å²) in [6.45, 7) is 1.82. The molecule has 1 aromatic rings. The summed E-state index contributed by atoms with van der Waals surface area (Å²) in [5, 5.41) is 8.70. The van der Waals surface area contributed by atoms with Crippen molar-refractivity contribution in [2.24, 2.45) is 0 Å².